The van der Waals surface area contributed by atoms with Crippen molar-refractivity contribution in [1.82, 2.24) is 5.32 Å². The van der Waals surface area contributed by atoms with Crippen LogP contribution in [0.1, 0.15) is 5.56 Å². The minimum absolute atomic E-state index is 0.144. The number of hydrogen-bond donors (Lipinski definition) is 4. The first-order valence-corrected chi connectivity index (χ1v) is 12.3. The normalized spacial score (nSPS) is 12.3. The molecule has 0 aliphatic carbocycles. The third-order valence-corrected chi connectivity index (χ3v) is 6.51. The number of aromatic hydroxyl groups is 1. The number of sulfonamides is 1. The van der Waals surface area contributed by atoms with Crippen molar-refractivity contribution >= 4 is 31.6 Å². The third kappa shape index (κ3) is 7.52. The minimum atomic E-state index is -3.64. The maximum atomic E-state index is 12.4. The molecule has 32 heavy (non-hydrogen) atoms. The van der Waals surface area contributed by atoms with Crippen molar-refractivity contribution in [2.75, 3.05) is 24.4 Å². The topological polar surface area (TPSA) is 108 Å². The van der Waals surface area contributed by atoms with E-state index in [2.05, 4.69) is 26.0 Å². The molecule has 0 bridgehead atoms. The third-order valence-electron chi connectivity index (χ3n) is 4.58. The van der Waals surface area contributed by atoms with Crippen LogP contribution >= 0.6 is 15.9 Å². The van der Waals surface area contributed by atoms with E-state index in [1.54, 1.807) is 36.4 Å². The van der Waals surface area contributed by atoms with Crippen LogP contribution in [-0.4, -0.2) is 44.4 Å². The molecule has 0 radical (unpaired) electrons. The van der Waals surface area contributed by atoms with E-state index in [0.29, 0.717) is 24.5 Å². The fraction of sp³-hybridized carbons (Fsp3) is 0.217. The molecule has 0 aliphatic heterocycles. The van der Waals surface area contributed by atoms with Gasteiger partial charge < -0.3 is 20.3 Å². The van der Waals surface area contributed by atoms with Gasteiger partial charge >= 0.3 is 0 Å². The Hall–Kier alpha value is -2.59. The lowest BCUT2D eigenvalue weighted by Crippen LogP contribution is -2.32. The molecule has 1 atom stereocenters. The van der Waals surface area contributed by atoms with Gasteiger partial charge in [0.1, 0.15) is 24.2 Å². The smallest absolute Gasteiger partial charge is 0.261 e. The molecule has 0 unspecified atom stereocenters. The van der Waals surface area contributed by atoms with E-state index < -0.39 is 16.1 Å². The number of phenols is 1. The summed E-state index contributed by atoms with van der Waals surface area (Å²) in [4.78, 5) is 0.196. The van der Waals surface area contributed by atoms with Crippen molar-refractivity contribution in [3.05, 3.63) is 82.8 Å². The Bertz CT molecular complexity index is 1090. The van der Waals surface area contributed by atoms with Gasteiger partial charge in [0.15, 0.2) is 0 Å². The SMILES string of the molecule is O=S(=O)(Nc1ccc(CCNC[C@H](O)COc2ccc(O)cc2)cc1)c1ccc(Br)cc1. The monoisotopic (exact) mass is 520 g/mol. The molecule has 0 spiro atoms. The van der Waals surface area contributed by atoms with Crippen molar-refractivity contribution in [2.45, 2.75) is 17.4 Å². The van der Waals surface area contributed by atoms with Crippen molar-refractivity contribution in [3.8, 4) is 11.5 Å². The Labute approximate surface area is 196 Å². The number of anilines is 1. The zero-order valence-corrected chi connectivity index (χ0v) is 19.6. The summed E-state index contributed by atoms with van der Waals surface area (Å²) in [5, 5.41) is 22.4. The molecular formula is C23H25BrN2O5S. The number of halogens is 1. The van der Waals surface area contributed by atoms with Gasteiger partial charge in [-0.1, -0.05) is 28.1 Å². The molecule has 3 aromatic carbocycles. The molecule has 4 N–H and O–H groups in total. The molecule has 0 aromatic heterocycles. The van der Waals surface area contributed by atoms with Gasteiger partial charge in [-0.3, -0.25) is 4.72 Å². The molecule has 0 saturated heterocycles. The van der Waals surface area contributed by atoms with Gasteiger partial charge in [0.25, 0.3) is 10.0 Å². The Balaban J connectivity index is 1.39. The molecule has 0 saturated carbocycles. The first-order valence-electron chi connectivity index (χ1n) is 10.00. The molecule has 0 aliphatic rings. The summed E-state index contributed by atoms with van der Waals surface area (Å²) in [5.74, 6) is 0.743. The second kappa shape index (κ2) is 11.3. The fourth-order valence-corrected chi connectivity index (χ4v) is 4.19. The maximum Gasteiger partial charge on any atom is 0.261 e. The van der Waals surface area contributed by atoms with Gasteiger partial charge in [0, 0.05) is 16.7 Å². The molecule has 170 valence electrons. The van der Waals surface area contributed by atoms with E-state index in [1.807, 2.05) is 12.1 Å². The molecule has 0 fully saturated rings. The maximum absolute atomic E-state index is 12.4. The number of rotatable bonds is 11. The number of nitrogens with one attached hydrogen (secondary N) is 2. The lowest BCUT2D eigenvalue weighted by molar-refractivity contribution is 0.106. The van der Waals surface area contributed by atoms with Crippen molar-refractivity contribution in [2.24, 2.45) is 0 Å². The standard InChI is InChI=1S/C23H25BrN2O5S/c24-18-3-11-23(12-4-18)32(29,30)26-19-5-1-17(2-6-19)13-14-25-15-21(28)16-31-22-9-7-20(27)8-10-22/h1-12,21,25-28H,13-16H2/t21-/m0/s1. The summed E-state index contributed by atoms with van der Waals surface area (Å²) >= 11 is 3.29. The molecule has 0 heterocycles. The zero-order valence-electron chi connectivity index (χ0n) is 17.2. The second-order valence-corrected chi connectivity index (χ2v) is 9.77. The number of aliphatic hydroxyl groups excluding tert-OH is 1. The van der Waals surface area contributed by atoms with Crippen LogP contribution in [-0.2, 0) is 16.4 Å². The molecule has 0 amide bonds. The Morgan fingerprint density at radius 2 is 1.59 bits per heavy atom. The molecule has 3 aromatic rings. The van der Waals surface area contributed by atoms with E-state index in [9.17, 15) is 18.6 Å². The summed E-state index contributed by atoms with van der Waals surface area (Å²) in [6.45, 7) is 1.17. The van der Waals surface area contributed by atoms with Crippen LogP contribution in [0.2, 0.25) is 0 Å². The number of phenolic OH excluding ortho intramolecular Hbond substituents is 1. The summed E-state index contributed by atoms with van der Waals surface area (Å²) < 4.78 is 33.8. The van der Waals surface area contributed by atoms with E-state index in [0.717, 1.165) is 16.5 Å². The van der Waals surface area contributed by atoms with Crippen molar-refractivity contribution in [1.29, 1.82) is 0 Å². The highest BCUT2D eigenvalue weighted by Crippen LogP contribution is 2.19. The fourth-order valence-electron chi connectivity index (χ4n) is 2.86. The van der Waals surface area contributed by atoms with Crippen LogP contribution in [0.3, 0.4) is 0 Å². The summed E-state index contributed by atoms with van der Waals surface area (Å²) in [5.41, 5.74) is 1.53. The predicted molar refractivity (Wildman–Crippen MR) is 128 cm³/mol. The molecule has 9 heteroatoms. The van der Waals surface area contributed by atoms with Gasteiger partial charge in [-0.15, -0.1) is 0 Å². The van der Waals surface area contributed by atoms with Crippen LogP contribution in [0.4, 0.5) is 5.69 Å². The predicted octanol–water partition coefficient (Wildman–Crippen LogP) is 3.53. The van der Waals surface area contributed by atoms with Gasteiger partial charge in [-0.2, -0.15) is 0 Å². The zero-order chi connectivity index (χ0) is 23.0. The largest absolute Gasteiger partial charge is 0.508 e. The van der Waals surface area contributed by atoms with Gasteiger partial charge in [-0.25, -0.2) is 8.42 Å². The Morgan fingerprint density at radius 3 is 2.25 bits per heavy atom. The first-order chi connectivity index (χ1) is 15.3. The quantitative estimate of drug-likeness (QED) is 0.288. The van der Waals surface area contributed by atoms with Crippen LogP contribution in [0, 0.1) is 0 Å². The van der Waals surface area contributed by atoms with E-state index >= 15 is 0 Å². The van der Waals surface area contributed by atoms with Crippen LogP contribution in [0.5, 0.6) is 11.5 Å². The first kappa shape index (κ1) is 24.1. The highest BCUT2D eigenvalue weighted by molar-refractivity contribution is 9.10. The molecule has 3 rings (SSSR count). The van der Waals surface area contributed by atoms with E-state index in [4.69, 9.17) is 4.74 Å². The highest BCUT2D eigenvalue weighted by Gasteiger charge is 2.13. The lowest BCUT2D eigenvalue weighted by Gasteiger charge is -2.13. The molecular weight excluding hydrogens is 496 g/mol. The van der Waals surface area contributed by atoms with Crippen molar-refractivity contribution < 1.29 is 23.4 Å². The lowest BCUT2D eigenvalue weighted by atomic mass is 10.1. The average Bonchev–Trinajstić information content (AvgIpc) is 2.77. The van der Waals surface area contributed by atoms with Gasteiger partial charge in [0.2, 0.25) is 0 Å². The van der Waals surface area contributed by atoms with Crippen LogP contribution < -0.4 is 14.8 Å². The number of benzene rings is 3. The molecule has 7 nitrogen and oxygen atoms in total. The summed E-state index contributed by atoms with van der Waals surface area (Å²) in [6.07, 6.45) is 0.0601. The average molecular weight is 521 g/mol. The highest BCUT2D eigenvalue weighted by atomic mass is 79.9. The van der Waals surface area contributed by atoms with Crippen LogP contribution in [0.25, 0.3) is 0 Å². The van der Waals surface area contributed by atoms with Crippen molar-refractivity contribution in [3.63, 3.8) is 0 Å². The number of ether oxygens (including phenoxy) is 1. The summed E-state index contributed by atoms with van der Waals surface area (Å²) in [6, 6.07) is 20.0. The van der Waals surface area contributed by atoms with Gasteiger partial charge in [0.05, 0.1) is 4.90 Å². The number of hydrogen-bond acceptors (Lipinski definition) is 6. The minimum Gasteiger partial charge on any atom is -0.508 e. The summed E-state index contributed by atoms with van der Waals surface area (Å²) in [7, 11) is -3.64. The second-order valence-electron chi connectivity index (χ2n) is 7.17. The Kier molecular flexibility index (Phi) is 8.52. The van der Waals surface area contributed by atoms with Gasteiger partial charge in [-0.05, 0) is 79.2 Å². The number of aliphatic hydroxyl groups is 1. The Morgan fingerprint density at radius 1 is 0.938 bits per heavy atom. The van der Waals surface area contributed by atoms with Crippen LogP contribution in [0.15, 0.2) is 82.2 Å². The van der Waals surface area contributed by atoms with E-state index in [-0.39, 0.29) is 17.3 Å². The van der Waals surface area contributed by atoms with E-state index in [1.165, 1.54) is 24.3 Å².